The van der Waals surface area contributed by atoms with E-state index in [2.05, 4.69) is 5.32 Å². The third-order valence-electron chi connectivity index (χ3n) is 5.24. The molecule has 1 atom stereocenters. The van der Waals surface area contributed by atoms with Gasteiger partial charge in [0.25, 0.3) is 0 Å². The zero-order chi connectivity index (χ0) is 20.9. The highest BCUT2D eigenvalue weighted by Crippen LogP contribution is 2.24. The van der Waals surface area contributed by atoms with E-state index < -0.39 is 10.0 Å². The summed E-state index contributed by atoms with van der Waals surface area (Å²) in [5, 5.41) is 10.5. The molecule has 2 aliphatic rings. The molecule has 3 rings (SSSR count). The molecule has 154 valence electrons. The van der Waals surface area contributed by atoms with Crippen molar-refractivity contribution in [2.24, 2.45) is 5.92 Å². The lowest BCUT2D eigenvalue weighted by molar-refractivity contribution is -0.123. The Hall–Kier alpha value is -2.51. The Kier molecular flexibility index (Phi) is 6.82. The summed E-state index contributed by atoms with van der Waals surface area (Å²) in [7, 11) is -3.42. The number of amides is 1. The van der Waals surface area contributed by atoms with Crippen LogP contribution in [0, 0.1) is 11.3 Å². The van der Waals surface area contributed by atoms with E-state index in [9.17, 15) is 13.2 Å². The van der Waals surface area contributed by atoms with Crippen LogP contribution in [0.25, 0.3) is 0 Å². The number of benzene rings is 1. The Bertz CT molecular complexity index is 954. The van der Waals surface area contributed by atoms with Gasteiger partial charge in [0.2, 0.25) is 15.9 Å². The van der Waals surface area contributed by atoms with Crippen LogP contribution in [0.5, 0.6) is 0 Å². The minimum Gasteiger partial charge on any atom is -0.352 e. The van der Waals surface area contributed by atoms with E-state index in [-0.39, 0.29) is 11.8 Å². The molecule has 7 heteroatoms. The largest absolute Gasteiger partial charge is 0.352 e. The first-order valence-electron chi connectivity index (χ1n) is 9.88. The minimum atomic E-state index is -3.42. The number of carbonyl (C=O) groups excluding carboxylic acids is 1. The number of rotatable bonds is 7. The number of nitrogens with one attached hydrogen (secondary N) is 2. The lowest BCUT2D eigenvalue weighted by Crippen LogP contribution is -2.30. The topological polar surface area (TPSA) is 90.3 Å². The Morgan fingerprint density at radius 3 is 2.52 bits per heavy atom. The van der Waals surface area contributed by atoms with Crippen LogP contribution in [0.15, 0.2) is 64.6 Å². The van der Waals surface area contributed by atoms with Crippen LogP contribution in [0.2, 0.25) is 0 Å². The normalized spacial score (nSPS) is 20.4. The molecule has 1 aliphatic carbocycles. The van der Waals surface area contributed by atoms with Gasteiger partial charge in [-0.15, -0.1) is 0 Å². The molecule has 1 amide bonds. The molecule has 1 fully saturated rings. The minimum absolute atomic E-state index is 0.103. The lowest BCUT2D eigenvalue weighted by Gasteiger charge is -2.18. The summed E-state index contributed by atoms with van der Waals surface area (Å²) in [5.74, 6) is -0.413. The molecule has 29 heavy (non-hydrogen) atoms. The van der Waals surface area contributed by atoms with Crippen molar-refractivity contribution in [3.05, 3.63) is 65.3 Å². The van der Waals surface area contributed by atoms with Crippen molar-refractivity contribution in [2.75, 3.05) is 13.1 Å². The van der Waals surface area contributed by atoms with Gasteiger partial charge in [-0.1, -0.05) is 36.4 Å². The lowest BCUT2D eigenvalue weighted by atomic mass is 9.90. The molecular formula is C22H27N3O3S. The zero-order valence-electron chi connectivity index (χ0n) is 16.6. The van der Waals surface area contributed by atoms with Crippen LogP contribution in [-0.2, 0) is 21.4 Å². The van der Waals surface area contributed by atoms with Crippen LogP contribution in [0.3, 0.4) is 0 Å². The SMILES string of the molecule is CC=CC1=CCC(C(=O)NCc2ccc(S(=O)(=O)N3CCCC3)cc2)C=C1C=N. The number of sulfonamides is 1. The summed E-state index contributed by atoms with van der Waals surface area (Å²) in [6.07, 6.45) is 11.3. The second kappa shape index (κ2) is 9.33. The summed E-state index contributed by atoms with van der Waals surface area (Å²) in [5.41, 5.74) is 2.54. The van der Waals surface area contributed by atoms with Gasteiger partial charge < -0.3 is 10.7 Å². The van der Waals surface area contributed by atoms with Crippen molar-refractivity contribution >= 4 is 22.1 Å². The van der Waals surface area contributed by atoms with E-state index in [4.69, 9.17) is 5.41 Å². The molecule has 0 saturated carbocycles. The molecule has 0 spiro atoms. The number of hydrogen-bond donors (Lipinski definition) is 2. The van der Waals surface area contributed by atoms with E-state index in [0.717, 1.165) is 29.6 Å². The molecule has 1 unspecified atom stereocenters. The molecular weight excluding hydrogens is 386 g/mol. The predicted octanol–water partition coefficient (Wildman–Crippen LogP) is 3.19. The van der Waals surface area contributed by atoms with Crippen molar-refractivity contribution in [3.63, 3.8) is 0 Å². The molecule has 0 radical (unpaired) electrons. The van der Waals surface area contributed by atoms with Crippen LogP contribution in [-0.4, -0.2) is 37.9 Å². The van der Waals surface area contributed by atoms with E-state index >= 15 is 0 Å². The average Bonchev–Trinajstić information content (AvgIpc) is 3.28. The van der Waals surface area contributed by atoms with Crippen LogP contribution in [0.1, 0.15) is 31.7 Å². The van der Waals surface area contributed by atoms with Gasteiger partial charge in [0.05, 0.1) is 10.8 Å². The second-order valence-electron chi connectivity index (χ2n) is 7.24. The summed E-state index contributed by atoms with van der Waals surface area (Å²) in [6.45, 7) is 3.41. The van der Waals surface area contributed by atoms with Crippen molar-refractivity contribution < 1.29 is 13.2 Å². The molecule has 6 nitrogen and oxygen atoms in total. The third kappa shape index (κ3) is 4.92. The van der Waals surface area contributed by atoms with E-state index in [1.54, 1.807) is 24.3 Å². The number of nitrogens with zero attached hydrogens (tertiary/aromatic N) is 1. The van der Waals surface area contributed by atoms with Gasteiger partial charge >= 0.3 is 0 Å². The molecule has 1 aromatic carbocycles. The average molecular weight is 414 g/mol. The van der Waals surface area contributed by atoms with Crippen LogP contribution < -0.4 is 5.32 Å². The Balaban J connectivity index is 1.60. The number of carbonyl (C=O) groups is 1. The van der Waals surface area contributed by atoms with Gasteiger partial charge in [0.15, 0.2) is 0 Å². The summed E-state index contributed by atoms with van der Waals surface area (Å²) in [4.78, 5) is 12.8. The third-order valence-corrected chi connectivity index (χ3v) is 7.15. The molecule has 1 saturated heterocycles. The highest BCUT2D eigenvalue weighted by molar-refractivity contribution is 7.89. The Morgan fingerprint density at radius 1 is 1.21 bits per heavy atom. The fourth-order valence-corrected chi connectivity index (χ4v) is 5.10. The number of allylic oxidation sites excluding steroid dienone is 5. The van der Waals surface area contributed by atoms with Crippen LogP contribution in [0.4, 0.5) is 0 Å². The van der Waals surface area contributed by atoms with E-state index in [1.807, 2.05) is 31.2 Å². The van der Waals surface area contributed by atoms with E-state index in [0.29, 0.717) is 31.0 Å². The standard InChI is InChI=1S/C22H27N3O3S/c1-2-5-18-8-9-19(14-20(18)15-23)22(26)24-16-17-6-10-21(11-7-17)29(27,28)25-12-3-4-13-25/h2,5-8,10-11,14-15,19,23H,3-4,9,12-13,16H2,1H3,(H,24,26). The fourth-order valence-electron chi connectivity index (χ4n) is 3.59. The second-order valence-corrected chi connectivity index (χ2v) is 9.18. The summed E-state index contributed by atoms with van der Waals surface area (Å²) < 4.78 is 26.7. The quantitative estimate of drug-likeness (QED) is 0.673. The molecule has 1 aromatic rings. The van der Waals surface area contributed by atoms with Gasteiger partial charge in [-0.2, -0.15) is 4.31 Å². The maximum Gasteiger partial charge on any atom is 0.243 e. The van der Waals surface area contributed by atoms with Gasteiger partial charge in [0.1, 0.15) is 0 Å². The molecule has 0 aromatic heterocycles. The highest BCUT2D eigenvalue weighted by atomic mass is 32.2. The van der Waals surface area contributed by atoms with Crippen molar-refractivity contribution in [1.82, 2.24) is 9.62 Å². The van der Waals surface area contributed by atoms with Crippen molar-refractivity contribution in [1.29, 1.82) is 5.41 Å². The first-order chi connectivity index (χ1) is 14.0. The molecule has 1 aliphatic heterocycles. The smallest absolute Gasteiger partial charge is 0.243 e. The Morgan fingerprint density at radius 2 is 1.90 bits per heavy atom. The first-order valence-corrected chi connectivity index (χ1v) is 11.3. The molecule has 0 bridgehead atoms. The zero-order valence-corrected chi connectivity index (χ0v) is 17.4. The van der Waals surface area contributed by atoms with Gasteiger partial charge in [-0.3, -0.25) is 4.79 Å². The first kappa shape index (κ1) is 21.2. The maximum atomic E-state index is 12.6. The summed E-state index contributed by atoms with van der Waals surface area (Å²) in [6, 6.07) is 6.70. The number of hydrogen-bond acceptors (Lipinski definition) is 4. The van der Waals surface area contributed by atoms with Gasteiger partial charge in [-0.25, -0.2) is 8.42 Å². The van der Waals surface area contributed by atoms with Crippen molar-refractivity contribution in [3.8, 4) is 0 Å². The fraction of sp³-hybridized carbons (Fsp3) is 0.364. The van der Waals surface area contributed by atoms with Crippen molar-refractivity contribution in [2.45, 2.75) is 37.6 Å². The van der Waals surface area contributed by atoms with Gasteiger partial charge in [0, 0.05) is 25.8 Å². The highest BCUT2D eigenvalue weighted by Gasteiger charge is 2.27. The van der Waals surface area contributed by atoms with E-state index in [1.165, 1.54) is 10.5 Å². The molecule has 1 heterocycles. The molecule has 2 N–H and O–H groups in total. The van der Waals surface area contributed by atoms with Gasteiger partial charge in [-0.05, 0) is 55.0 Å². The van der Waals surface area contributed by atoms with Crippen LogP contribution >= 0.6 is 0 Å². The monoisotopic (exact) mass is 413 g/mol. The summed E-state index contributed by atoms with van der Waals surface area (Å²) >= 11 is 0. The maximum absolute atomic E-state index is 12.6. The Labute approximate surface area is 172 Å². The predicted molar refractivity (Wildman–Crippen MR) is 114 cm³/mol.